The number of thiol groups is 1. The molecule has 14 heteroatoms. The molecule has 1 N–H and O–H groups in total. The first-order chi connectivity index (χ1) is 22.3. The smallest absolute Gasteiger partial charge is 0.271 e. The summed E-state index contributed by atoms with van der Waals surface area (Å²) in [5.41, 5.74) is 3.97. The minimum atomic E-state index is -3.67. The van der Waals surface area contributed by atoms with Crippen molar-refractivity contribution in [2.45, 2.75) is 41.2 Å². The van der Waals surface area contributed by atoms with Crippen LogP contribution in [0.2, 0.25) is 15.1 Å². The van der Waals surface area contributed by atoms with Crippen molar-refractivity contribution >= 4 is 84.7 Å². The first-order valence-electron chi connectivity index (χ1n) is 13.8. The second-order valence-corrected chi connectivity index (χ2v) is 15.3. The maximum atomic E-state index is 12.4. The Morgan fingerprint density at radius 1 is 0.787 bits per heavy atom. The lowest BCUT2D eigenvalue weighted by atomic mass is 10.2. The molecule has 0 bridgehead atoms. The van der Waals surface area contributed by atoms with E-state index in [1.165, 1.54) is 16.6 Å². The van der Waals surface area contributed by atoms with Crippen molar-refractivity contribution in [3.8, 4) is 11.4 Å². The van der Waals surface area contributed by atoms with Crippen LogP contribution >= 0.6 is 69.9 Å². The first-order valence-corrected chi connectivity index (χ1v) is 18.7. The van der Waals surface area contributed by atoms with Crippen molar-refractivity contribution in [2.75, 3.05) is 0 Å². The zero-order valence-corrected chi connectivity index (χ0v) is 30.8. The van der Waals surface area contributed by atoms with Gasteiger partial charge >= 0.3 is 0 Å². The van der Waals surface area contributed by atoms with Gasteiger partial charge in [0.05, 0.1) is 10.6 Å². The molecule has 244 valence electrons. The summed E-state index contributed by atoms with van der Waals surface area (Å²) in [5.74, 6) is 1.56. The fourth-order valence-corrected chi connectivity index (χ4v) is 7.15. The van der Waals surface area contributed by atoms with Gasteiger partial charge in [-0.15, -0.1) is 24.4 Å². The van der Waals surface area contributed by atoms with E-state index in [9.17, 15) is 13.2 Å². The summed E-state index contributed by atoms with van der Waals surface area (Å²) in [4.78, 5) is 23.5. The molecule has 0 aliphatic rings. The summed E-state index contributed by atoms with van der Waals surface area (Å²) >= 11 is 23.4. The average molecular weight is 767 g/mol. The average Bonchev–Trinajstić information content (AvgIpc) is 3.47. The minimum Gasteiger partial charge on any atom is -0.271 e. The lowest BCUT2D eigenvalue weighted by molar-refractivity contribution is 0.609. The molecule has 2 aromatic heterocycles. The van der Waals surface area contributed by atoms with Crippen LogP contribution in [0.25, 0.3) is 17.2 Å². The molecular weight excluding hydrogens is 738 g/mol. The Bertz CT molecular complexity index is 2170. The second kappa shape index (κ2) is 16.4. The van der Waals surface area contributed by atoms with Crippen molar-refractivity contribution in [1.82, 2.24) is 19.6 Å². The summed E-state index contributed by atoms with van der Waals surface area (Å²) < 4.78 is 23.2. The number of aromatic nitrogens is 4. The van der Waals surface area contributed by atoms with Crippen LogP contribution in [0, 0.1) is 20.8 Å². The number of nitrogens with zero attached hydrogens (tertiary/aromatic N) is 3. The third-order valence-corrected chi connectivity index (χ3v) is 11.1. The molecule has 0 amide bonds. The molecule has 0 atom stereocenters. The fourth-order valence-electron chi connectivity index (χ4n) is 4.07. The van der Waals surface area contributed by atoms with Crippen LogP contribution in [0.4, 0.5) is 0 Å². The number of H-pyrrole nitrogens is 1. The fraction of sp³-hybridized carbons (Fsp3) is 0.121. The predicted octanol–water partition coefficient (Wildman–Crippen LogP) is 9.85. The van der Waals surface area contributed by atoms with Crippen LogP contribution in [-0.2, 0) is 14.8 Å². The van der Waals surface area contributed by atoms with Gasteiger partial charge in [-0.1, -0.05) is 83.3 Å². The van der Waals surface area contributed by atoms with Crippen molar-refractivity contribution in [1.29, 1.82) is 0 Å². The highest BCUT2D eigenvalue weighted by molar-refractivity contribution is 8.13. The number of benzene rings is 4. The number of aromatic amines is 1. The van der Waals surface area contributed by atoms with E-state index in [1.54, 1.807) is 30.8 Å². The van der Waals surface area contributed by atoms with Crippen molar-refractivity contribution in [3.63, 3.8) is 0 Å². The largest absolute Gasteiger partial charge is 0.274 e. The molecule has 0 saturated carbocycles. The van der Waals surface area contributed by atoms with Gasteiger partial charge in [0, 0.05) is 52.9 Å². The summed E-state index contributed by atoms with van der Waals surface area (Å²) in [7, 11) is 1.48. The van der Waals surface area contributed by atoms with Gasteiger partial charge in [0.2, 0.25) is 0 Å². The molecule has 0 aliphatic heterocycles. The Kier molecular flexibility index (Phi) is 12.9. The zero-order chi connectivity index (χ0) is 34.3. The molecule has 0 spiro atoms. The standard InChI is InChI=1S/C19H15ClN4OS.C7H6Cl2O2S.C7H7ClS/c1-12-15(20)8-5-9-16(12)26-11-14-10-17(25)24-19(21-14)22-18(23-24)13-6-3-2-4-7-13;1-5-6(8)3-2-4-7(5)12(9,10)11;1-5-6(8)3-2-4-7(5)9/h2-10H,11H2,1H3,(H,21,22,23);2-4H,1H3;2-4,9H,1H3. The van der Waals surface area contributed by atoms with Crippen LogP contribution in [0.15, 0.2) is 110 Å². The van der Waals surface area contributed by atoms with Crippen LogP contribution < -0.4 is 5.56 Å². The van der Waals surface area contributed by atoms with Crippen LogP contribution in [0.1, 0.15) is 22.4 Å². The Morgan fingerprint density at radius 3 is 1.98 bits per heavy atom. The Hall–Kier alpha value is -2.96. The third-order valence-electron chi connectivity index (χ3n) is 6.74. The molecule has 2 heterocycles. The highest BCUT2D eigenvalue weighted by Gasteiger charge is 2.14. The second-order valence-electron chi connectivity index (χ2n) is 10.00. The molecule has 4 aromatic carbocycles. The maximum absolute atomic E-state index is 12.4. The van der Waals surface area contributed by atoms with Gasteiger partial charge in [-0.3, -0.25) is 9.89 Å². The number of hydrogen-bond donors (Lipinski definition) is 2. The normalized spacial score (nSPS) is 11.0. The van der Waals surface area contributed by atoms with E-state index in [4.69, 9.17) is 45.5 Å². The number of fused-ring (bicyclic) bond motifs is 1. The van der Waals surface area contributed by atoms with Crippen molar-refractivity contribution in [2.24, 2.45) is 0 Å². The molecular formula is C33H28Cl4N4O3S3. The zero-order valence-electron chi connectivity index (χ0n) is 25.2. The van der Waals surface area contributed by atoms with E-state index < -0.39 is 9.05 Å². The van der Waals surface area contributed by atoms with Crippen LogP contribution in [-0.4, -0.2) is 28.0 Å². The molecule has 47 heavy (non-hydrogen) atoms. The van der Waals surface area contributed by atoms with Gasteiger partial charge < -0.3 is 0 Å². The number of nitrogens with one attached hydrogen (secondary N) is 1. The van der Waals surface area contributed by atoms with E-state index >= 15 is 0 Å². The van der Waals surface area contributed by atoms with Gasteiger partial charge in [-0.05, 0) is 73.9 Å². The first kappa shape index (κ1) is 36.9. The van der Waals surface area contributed by atoms with Gasteiger partial charge in [0.25, 0.3) is 20.4 Å². The van der Waals surface area contributed by atoms with Crippen LogP contribution in [0.3, 0.4) is 0 Å². The Labute approximate surface area is 302 Å². The van der Waals surface area contributed by atoms with E-state index in [0.29, 0.717) is 33.6 Å². The highest BCUT2D eigenvalue weighted by atomic mass is 35.7. The van der Waals surface area contributed by atoms with Gasteiger partial charge in [-0.25, -0.2) is 13.4 Å². The van der Waals surface area contributed by atoms with Crippen LogP contribution in [0.5, 0.6) is 0 Å². The summed E-state index contributed by atoms with van der Waals surface area (Å²) in [6.07, 6.45) is 0. The number of hydrogen-bond acceptors (Lipinski definition) is 7. The SMILES string of the molecule is Cc1c(Cl)cccc1S(=O)(=O)Cl.Cc1c(Cl)cccc1SCc1cc(=O)n2[nH]c(-c3ccccc3)nc2n1.Cc1c(S)cccc1Cl. The summed E-state index contributed by atoms with van der Waals surface area (Å²) in [6.45, 7) is 5.54. The van der Waals surface area contributed by atoms with E-state index in [-0.39, 0.29) is 10.5 Å². The molecule has 7 nitrogen and oxygen atoms in total. The van der Waals surface area contributed by atoms with E-state index in [2.05, 4.69) is 27.7 Å². The third kappa shape index (κ3) is 9.79. The van der Waals surface area contributed by atoms with Crippen molar-refractivity contribution < 1.29 is 8.42 Å². The molecule has 0 radical (unpaired) electrons. The number of rotatable bonds is 5. The van der Waals surface area contributed by atoms with Crippen molar-refractivity contribution in [3.05, 3.63) is 139 Å². The molecule has 0 fully saturated rings. The quantitative estimate of drug-likeness (QED) is 0.103. The molecule has 6 aromatic rings. The maximum Gasteiger partial charge on any atom is 0.274 e. The lowest BCUT2D eigenvalue weighted by Gasteiger charge is -2.06. The molecule has 0 saturated heterocycles. The van der Waals surface area contributed by atoms with Gasteiger partial charge in [0.1, 0.15) is 0 Å². The number of thioether (sulfide) groups is 1. The monoisotopic (exact) mass is 764 g/mol. The van der Waals surface area contributed by atoms with E-state index in [1.807, 2.05) is 80.6 Å². The van der Waals surface area contributed by atoms with E-state index in [0.717, 1.165) is 36.5 Å². The highest BCUT2D eigenvalue weighted by Crippen LogP contribution is 2.30. The molecule has 0 unspecified atom stereocenters. The number of halogens is 4. The predicted molar refractivity (Wildman–Crippen MR) is 197 cm³/mol. The summed E-state index contributed by atoms with van der Waals surface area (Å²) in [6, 6.07) is 27.2. The Balaban J connectivity index is 0.000000196. The topological polar surface area (TPSA) is 97.2 Å². The lowest BCUT2D eigenvalue weighted by Crippen LogP contribution is -2.15. The summed E-state index contributed by atoms with van der Waals surface area (Å²) in [5, 5.41) is 4.92. The van der Waals surface area contributed by atoms with Gasteiger partial charge in [0.15, 0.2) is 5.82 Å². The molecule has 6 rings (SSSR count). The Morgan fingerprint density at radius 2 is 1.38 bits per heavy atom. The van der Waals surface area contributed by atoms with Gasteiger partial charge in [-0.2, -0.15) is 9.50 Å². The minimum absolute atomic E-state index is 0.0664. The molecule has 0 aliphatic carbocycles.